The number of carbonyl (C=O) groups excluding carboxylic acids is 1. The Kier molecular flexibility index (Phi) is 6.10. The lowest BCUT2D eigenvalue weighted by molar-refractivity contribution is 0.0340. The molecule has 0 spiro atoms. The van der Waals surface area contributed by atoms with E-state index in [0.29, 0.717) is 17.9 Å². The Balaban J connectivity index is 1.99. The highest BCUT2D eigenvalue weighted by Crippen LogP contribution is 2.30. The van der Waals surface area contributed by atoms with E-state index in [9.17, 15) is 4.79 Å². The van der Waals surface area contributed by atoms with Crippen LogP contribution in [0.5, 0.6) is 0 Å². The molecule has 3 N–H and O–H groups in total. The van der Waals surface area contributed by atoms with Gasteiger partial charge >= 0.3 is 6.03 Å². The number of hydrogen-bond donors (Lipinski definition) is 2. The zero-order valence-electron chi connectivity index (χ0n) is 12.6. The van der Waals surface area contributed by atoms with E-state index < -0.39 is 0 Å². The van der Waals surface area contributed by atoms with Crippen molar-refractivity contribution >= 4 is 6.03 Å². The summed E-state index contributed by atoms with van der Waals surface area (Å²) < 4.78 is 5.60. The highest BCUT2D eigenvalue weighted by atomic mass is 16.5. The quantitative estimate of drug-likeness (QED) is 0.805. The first-order valence-corrected chi connectivity index (χ1v) is 8.00. The van der Waals surface area contributed by atoms with Crippen LogP contribution >= 0.6 is 0 Å². The molecule has 0 aromatic heterocycles. The van der Waals surface area contributed by atoms with Crippen LogP contribution in [0.4, 0.5) is 4.79 Å². The van der Waals surface area contributed by atoms with Gasteiger partial charge < -0.3 is 20.7 Å². The van der Waals surface area contributed by atoms with Gasteiger partial charge in [0.1, 0.15) is 0 Å². The number of piperidine rings is 1. The van der Waals surface area contributed by atoms with Crippen LogP contribution in [-0.2, 0) is 4.74 Å². The molecule has 20 heavy (non-hydrogen) atoms. The van der Waals surface area contributed by atoms with Gasteiger partial charge in [-0.05, 0) is 64.0 Å². The lowest BCUT2D eigenvalue weighted by Crippen LogP contribution is -2.52. The Labute approximate surface area is 122 Å². The molecule has 2 aliphatic heterocycles. The summed E-state index contributed by atoms with van der Waals surface area (Å²) in [6.07, 6.45) is 6.93. The Morgan fingerprint density at radius 1 is 1.40 bits per heavy atom. The van der Waals surface area contributed by atoms with Gasteiger partial charge in [0, 0.05) is 25.8 Å². The molecule has 1 unspecified atom stereocenters. The molecule has 2 aliphatic rings. The molecule has 5 heteroatoms. The molecule has 0 bridgehead atoms. The van der Waals surface area contributed by atoms with Crippen LogP contribution in [0.2, 0.25) is 0 Å². The summed E-state index contributed by atoms with van der Waals surface area (Å²) in [5.74, 6) is 1.12. The van der Waals surface area contributed by atoms with Gasteiger partial charge in [0.15, 0.2) is 0 Å². The van der Waals surface area contributed by atoms with Crippen LogP contribution in [0.1, 0.15) is 38.5 Å². The molecule has 5 nitrogen and oxygen atoms in total. The highest BCUT2D eigenvalue weighted by molar-refractivity contribution is 5.72. The highest BCUT2D eigenvalue weighted by Gasteiger charge is 2.33. The molecule has 0 aliphatic carbocycles. The molecular formula is C15H29N3O2. The number of nitrogens with two attached hydrogens (primary N) is 1. The van der Waals surface area contributed by atoms with E-state index in [1.165, 1.54) is 19.3 Å². The summed E-state index contributed by atoms with van der Waals surface area (Å²) in [5.41, 5.74) is 5.57. The molecule has 0 aromatic rings. The SMILES string of the molecule is CNC[C@H](C[C@H]1CCCOC1)C1CCCCN1C(N)=O. The first-order chi connectivity index (χ1) is 9.72. The number of hydrogen-bond acceptors (Lipinski definition) is 3. The number of nitrogens with zero attached hydrogens (tertiary/aromatic N) is 1. The summed E-state index contributed by atoms with van der Waals surface area (Å²) in [7, 11) is 1.99. The second-order valence-electron chi connectivity index (χ2n) is 6.23. The number of nitrogens with one attached hydrogen (secondary N) is 1. The van der Waals surface area contributed by atoms with Gasteiger partial charge in [0.05, 0.1) is 0 Å². The molecule has 0 aromatic carbocycles. The third kappa shape index (κ3) is 4.09. The lowest BCUT2D eigenvalue weighted by Gasteiger charge is -2.41. The number of primary amides is 1. The van der Waals surface area contributed by atoms with Gasteiger partial charge in [-0.15, -0.1) is 0 Å². The zero-order chi connectivity index (χ0) is 14.4. The van der Waals surface area contributed by atoms with Crippen molar-refractivity contribution in [3.05, 3.63) is 0 Å². The number of rotatable bonds is 5. The van der Waals surface area contributed by atoms with E-state index >= 15 is 0 Å². The van der Waals surface area contributed by atoms with Crippen molar-refractivity contribution in [2.75, 3.05) is 33.4 Å². The molecule has 2 saturated heterocycles. The normalized spacial score (nSPS) is 29.1. The van der Waals surface area contributed by atoms with Gasteiger partial charge in [0.2, 0.25) is 0 Å². The second-order valence-corrected chi connectivity index (χ2v) is 6.23. The predicted molar refractivity (Wildman–Crippen MR) is 79.5 cm³/mol. The van der Waals surface area contributed by atoms with Crippen LogP contribution in [0.25, 0.3) is 0 Å². The van der Waals surface area contributed by atoms with E-state index in [1.54, 1.807) is 0 Å². The Hall–Kier alpha value is -0.810. The average molecular weight is 283 g/mol. The minimum absolute atomic E-state index is 0.254. The molecular weight excluding hydrogens is 254 g/mol. The molecule has 0 saturated carbocycles. The van der Waals surface area contributed by atoms with Crippen molar-refractivity contribution in [2.24, 2.45) is 17.6 Å². The standard InChI is InChI=1S/C15H29N3O2/c1-17-10-13(9-12-5-4-8-20-11-12)14-6-2-3-7-18(14)15(16)19/h12-14,17H,2-11H2,1H3,(H2,16,19)/t12-,13+,14?/m1/s1. The van der Waals surface area contributed by atoms with Crippen LogP contribution in [0.3, 0.4) is 0 Å². The Morgan fingerprint density at radius 3 is 2.90 bits per heavy atom. The summed E-state index contributed by atoms with van der Waals surface area (Å²) in [6.45, 7) is 3.56. The lowest BCUT2D eigenvalue weighted by atomic mass is 9.82. The number of ether oxygens (including phenoxy) is 1. The van der Waals surface area contributed by atoms with Gasteiger partial charge in [-0.1, -0.05) is 0 Å². The van der Waals surface area contributed by atoms with Crippen LogP contribution in [-0.4, -0.2) is 50.3 Å². The maximum Gasteiger partial charge on any atom is 0.315 e. The van der Waals surface area contributed by atoms with Crippen LogP contribution in [0, 0.1) is 11.8 Å². The fourth-order valence-corrected chi connectivity index (χ4v) is 3.78. The van der Waals surface area contributed by atoms with Gasteiger partial charge in [0.25, 0.3) is 0 Å². The van der Waals surface area contributed by atoms with E-state index in [0.717, 1.165) is 45.6 Å². The van der Waals surface area contributed by atoms with Crippen molar-refractivity contribution in [1.82, 2.24) is 10.2 Å². The Bertz CT molecular complexity index is 305. The number of amides is 2. The average Bonchev–Trinajstić information content (AvgIpc) is 2.48. The van der Waals surface area contributed by atoms with E-state index in [-0.39, 0.29) is 6.03 Å². The van der Waals surface area contributed by atoms with E-state index in [2.05, 4.69) is 5.32 Å². The molecule has 2 rings (SSSR count). The van der Waals surface area contributed by atoms with Crippen molar-refractivity contribution in [1.29, 1.82) is 0 Å². The van der Waals surface area contributed by atoms with Gasteiger partial charge in [-0.25, -0.2) is 4.79 Å². The maximum absolute atomic E-state index is 11.7. The van der Waals surface area contributed by atoms with E-state index in [4.69, 9.17) is 10.5 Å². The number of urea groups is 1. The third-order valence-electron chi connectivity index (χ3n) is 4.73. The third-order valence-corrected chi connectivity index (χ3v) is 4.73. The molecule has 2 heterocycles. The van der Waals surface area contributed by atoms with Crippen LogP contribution < -0.4 is 11.1 Å². The summed E-state index contributed by atoms with van der Waals surface area (Å²) in [6, 6.07) is 0.0475. The topological polar surface area (TPSA) is 67.6 Å². The molecule has 116 valence electrons. The Morgan fingerprint density at radius 2 is 2.25 bits per heavy atom. The predicted octanol–water partition coefficient (Wildman–Crippen LogP) is 1.57. The number of carbonyl (C=O) groups is 1. The van der Waals surface area contributed by atoms with Crippen molar-refractivity contribution in [2.45, 2.75) is 44.6 Å². The fourth-order valence-electron chi connectivity index (χ4n) is 3.78. The van der Waals surface area contributed by atoms with Crippen molar-refractivity contribution in [3.63, 3.8) is 0 Å². The van der Waals surface area contributed by atoms with E-state index in [1.807, 2.05) is 11.9 Å². The van der Waals surface area contributed by atoms with Crippen molar-refractivity contribution in [3.8, 4) is 0 Å². The number of likely N-dealkylation sites (tertiary alicyclic amines) is 1. The molecule has 2 amide bonds. The molecule has 2 fully saturated rings. The first-order valence-electron chi connectivity index (χ1n) is 8.00. The summed E-state index contributed by atoms with van der Waals surface area (Å²) in [5, 5.41) is 3.29. The monoisotopic (exact) mass is 283 g/mol. The minimum Gasteiger partial charge on any atom is -0.381 e. The second kappa shape index (κ2) is 7.84. The molecule has 3 atom stereocenters. The largest absolute Gasteiger partial charge is 0.381 e. The molecule has 0 radical (unpaired) electrons. The smallest absolute Gasteiger partial charge is 0.315 e. The van der Waals surface area contributed by atoms with Gasteiger partial charge in [-0.2, -0.15) is 0 Å². The van der Waals surface area contributed by atoms with Gasteiger partial charge in [-0.3, -0.25) is 0 Å². The summed E-state index contributed by atoms with van der Waals surface area (Å²) in [4.78, 5) is 13.6. The first kappa shape index (κ1) is 15.6. The fraction of sp³-hybridized carbons (Fsp3) is 0.933. The van der Waals surface area contributed by atoms with Crippen molar-refractivity contribution < 1.29 is 9.53 Å². The van der Waals surface area contributed by atoms with Crippen LogP contribution in [0.15, 0.2) is 0 Å². The zero-order valence-corrected chi connectivity index (χ0v) is 12.6. The summed E-state index contributed by atoms with van der Waals surface area (Å²) >= 11 is 0. The maximum atomic E-state index is 11.7. The minimum atomic E-state index is -0.254.